The zero-order chi connectivity index (χ0) is 12.9. The predicted octanol–water partition coefficient (Wildman–Crippen LogP) is 0.995. The summed E-state index contributed by atoms with van der Waals surface area (Å²) >= 11 is 0. The largest absolute Gasteiger partial charge is 0.387 e. The van der Waals surface area contributed by atoms with Gasteiger partial charge in [0, 0.05) is 19.5 Å². The molecule has 4 nitrogen and oxygen atoms in total. The lowest BCUT2D eigenvalue weighted by molar-refractivity contribution is -0.123. The number of carbonyl (C=O) groups excluding carboxylic acids is 1. The molecule has 0 spiro atoms. The minimum atomic E-state index is -0.852. The number of likely N-dealkylation sites (N-methyl/N-ethyl adjacent to an activating group) is 1. The molecule has 0 aliphatic heterocycles. The molecule has 1 saturated carbocycles. The molecule has 1 amide bonds. The van der Waals surface area contributed by atoms with Crippen molar-refractivity contribution in [1.29, 1.82) is 0 Å². The van der Waals surface area contributed by atoms with Gasteiger partial charge < -0.3 is 15.3 Å². The van der Waals surface area contributed by atoms with Gasteiger partial charge in [0.1, 0.15) is 0 Å². The van der Waals surface area contributed by atoms with E-state index < -0.39 is 5.60 Å². The molecule has 2 N–H and O–H groups in total. The second-order valence-electron chi connectivity index (χ2n) is 5.87. The van der Waals surface area contributed by atoms with Crippen LogP contribution in [0.15, 0.2) is 0 Å². The molecule has 4 heteroatoms. The van der Waals surface area contributed by atoms with Crippen molar-refractivity contribution in [2.75, 3.05) is 27.2 Å². The van der Waals surface area contributed by atoms with Crippen LogP contribution < -0.4 is 5.32 Å². The molecule has 1 aliphatic rings. The van der Waals surface area contributed by atoms with Gasteiger partial charge in [0.2, 0.25) is 5.91 Å². The minimum absolute atomic E-state index is 0.0796. The summed E-state index contributed by atoms with van der Waals surface area (Å²) in [7, 11) is 3.82. The van der Waals surface area contributed by atoms with Crippen molar-refractivity contribution in [1.82, 2.24) is 10.2 Å². The van der Waals surface area contributed by atoms with Crippen molar-refractivity contribution in [3.63, 3.8) is 0 Å². The van der Waals surface area contributed by atoms with Crippen molar-refractivity contribution in [3.8, 4) is 0 Å². The third-order valence-electron chi connectivity index (χ3n) is 3.27. The molecule has 1 atom stereocenters. The predicted molar refractivity (Wildman–Crippen MR) is 68.8 cm³/mol. The summed E-state index contributed by atoms with van der Waals surface area (Å²) in [6, 6.07) is 0. The molecule has 1 unspecified atom stereocenters. The van der Waals surface area contributed by atoms with E-state index in [0.29, 0.717) is 25.4 Å². The molecule has 1 rings (SSSR count). The van der Waals surface area contributed by atoms with E-state index in [1.165, 1.54) is 25.7 Å². The van der Waals surface area contributed by atoms with Gasteiger partial charge in [-0.15, -0.1) is 0 Å². The van der Waals surface area contributed by atoms with E-state index in [0.717, 1.165) is 0 Å². The smallest absolute Gasteiger partial charge is 0.220 e. The Hall–Kier alpha value is -0.610. The summed E-state index contributed by atoms with van der Waals surface area (Å²) in [6.07, 6.45) is 5.51. The summed E-state index contributed by atoms with van der Waals surface area (Å²) in [5.74, 6) is 0.643. The van der Waals surface area contributed by atoms with E-state index in [2.05, 4.69) is 5.32 Å². The topological polar surface area (TPSA) is 52.6 Å². The fourth-order valence-electron chi connectivity index (χ4n) is 2.58. The summed E-state index contributed by atoms with van der Waals surface area (Å²) in [5.41, 5.74) is -0.852. The second-order valence-corrected chi connectivity index (χ2v) is 5.87. The van der Waals surface area contributed by atoms with Gasteiger partial charge in [-0.3, -0.25) is 4.79 Å². The van der Waals surface area contributed by atoms with E-state index in [-0.39, 0.29) is 5.91 Å². The zero-order valence-corrected chi connectivity index (χ0v) is 11.3. The van der Waals surface area contributed by atoms with E-state index in [1.807, 2.05) is 19.0 Å². The molecule has 1 fully saturated rings. The van der Waals surface area contributed by atoms with E-state index in [1.54, 1.807) is 6.92 Å². The van der Waals surface area contributed by atoms with Crippen LogP contribution in [0.25, 0.3) is 0 Å². The van der Waals surface area contributed by atoms with Crippen LogP contribution in [-0.2, 0) is 4.79 Å². The monoisotopic (exact) mass is 242 g/mol. The first kappa shape index (κ1) is 14.5. The van der Waals surface area contributed by atoms with Gasteiger partial charge in [0.15, 0.2) is 0 Å². The van der Waals surface area contributed by atoms with Crippen LogP contribution in [0, 0.1) is 5.92 Å². The Labute approximate surface area is 104 Å². The molecule has 0 heterocycles. The lowest BCUT2D eigenvalue weighted by Gasteiger charge is -2.27. The highest BCUT2D eigenvalue weighted by Gasteiger charge is 2.23. The van der Waals surface area contributed by atoms with Crippen molar-refractivity contribution < 1.29 is 9.90 Å². The maximum atomic E-state index is 11.7. The van der Waals surface area contributed by atoms with Crippen LogP contribution in [0.1, 0.15) is 39.0 Å². The SMILES string of the molecule is CN(C)CC(C)(O)CNC(=O)CC1CCCC1. The van der Waals surface area contributed by atoms with Crippen LogP contribution in [0.4, 0.5) is 0 Å². The standard InChI is InChI=1S/C13H26N2O2/c1-13(17,10-15(2)3)9-14-12(16)8-11-6-4-5-7-11/h11,17H,4-10H2,1-3H3,(H,14,16). The highest BCUT2D eigenvalue weighted by atomic mass is 16.3. The number of nitrogens with zero attached hydrogens (tertiary/aromatic N) is 1. The molecule has 0 aromatic rings. The van der Waals surface area contributed by atoms with Gasteiger partial charge in [-0.2, -0.15) is 0 Å². The summed E-state index contributed by atoms with van der Waals surface area (Å²) < 4.78 is 0. The normalized spacial score (nSPS) is 20.5. The number of hydrogen-bond donors (Lipinski definition) is 2. The maximum absolute atomic E-state index is 11.7. The Kier molecular flexibility index (Phi) is 5.40. The number of carbonyl (C=O) groups is 1. The van der Waals surface area contributed by atoms with Crippen molar-refractivity contribution in [3.05, 3.63) is 0 Å². The van der Waals surface area contributed by atoms with Crippen LogP contribution in [0.3, 0.4) is 0 Å². The molecule has 0 aromatic heterocycles. The maximum Gasteiger partial charge on any atom is 0.220 e. The Bertz CT molecular complexity index is 246. The quantitative estimate of drug-likeness (QED) is 0.730. The third kappa shape index (κ3) is 6.03. The van der Waals surface area contributed by atoms with Gasteiger partial charge in [-0.25, -0.2) is 0 Å². The first-order valence-corrected chi connectivity index (χ1v) is 6.53. The first-order valence-electron chi connectivity index (χ1n) is 6.53. The zero-order valence-electron chi connectivity index (χ0n) is 11.3. The van der Waals surface area contributed by atoms with Crippen molar-refractivity contribution in [2.24, 2.45) is 5.92 Å². The number of aliphatic hydroxyl groups is 1. The number of hydrogen-bond acceptors (Lipinski definition) is 3. The molecule has 0 radical (unpaired) electrons. The molecule has 0 bridgehead atoms. The summed E-state index contributed by atoms with van der Waals surface area (Å²) in [5, 5.41) is 12.9. The Morgan fingerprint density at radius 3 is 2.53 bits per heavy atom. The molecule has 100 valence electrons. The summed E-state index contributed by atoms with van der Waals surface area (Å²) in [6.45, 7) is 2.64. The summed E-state index contributed by atoms with van der Waals surface area (Å²) in [4.78, 5) is 13.6. The average Bonchev–Trinajstić information content (AvgIpc) is 2.65. The van der Waals surface area contributed by atoms with Crippen molar-refractivity contribution >= 4 is 5.91 Å². The fourth-order valence-corrected chi connectivity index (χ4v) is 2.58. The Morgan fingerprint density at radius 1 is 1.41 bits per heavy atom. The highest BCUT2D eigenvalue weighted by Crippen LogP contribution is 2.27. The lowest BCUT2D eigenvalue weighted by Crippen LogP contribution is -2.47. The van der Waals surface area contributed by atoms with Gasteiger partial charge >= 0.3 is 0 Å². The fraction of sp³-hybridized carbons (Fsp3) is 0.923. The Balaban J connectivity index is 2.22. The first-order chi connectivity index (χ1) is 7.89. The van der Waals surface area contributed by atoms with Gasteiger partial charge in [-0.1, -0.05) is 12.8 Å². The third-order valence-corrected chi connectivity index (χ3v) is 3.27. The number of amides is 1. The highest BCUT2D eigenvalue weighted by molar-refractivity contribution is 5.76. The van der Waals surface area contributed by atoms with Gasteiger partial charge in [-0.05, 0) is 39.8 Å². The van der Waals surface area contributed by atoms with E-state index in [4.69, 9.17) is 0 Å². The van der Waals surface area contributed by atoms with Crippen LogP contribution in [0.2, 0.25) is 0 Å². The number of rotatable bonds is 6. The molecular weight excluding hydrogens is 216 g/mol. The Morgan fingerprint density at radius 2 is 2.00 bits per heavy atom. The van der Waals surface area contributed by atoms with Crippen LogP contribution in [-0.4, -0.2) is 48.7 Å². The van der Waals surface area contributed by atoms with E-state index >= 15 is 0 Å². The molecular formula is C13H26N2O2. The van der Waals surface area contributed by atoms with Crippen molar-refractivity contribution in [2.45, 2.75) is 44.6 Å². The lowest BCUT2D eigenvalue weighted by atomic mass is 10.0. The second kappa shape index (κ2) is 6.36. The average molecular weight is 242 g/mol. The number of nitrogens with one attached hydrogen (secondary N) is 1. The molecule has 0 saturated heterocycles. The minimum Gasteiger partial charge on any atom is -0.387 e. The molecule has 0 aromatic carbocycles. The van der Waals surface area contributed by atoms with Gasteiger partial charge in [0.05, 0.1) is 5.60 Å². The van der Waals surface area contributed by atoms with Crippen LogP contribution >= 0.6 is 0 Å². The van der Waals surface area contributed by atoms with Gasteiger partial charge in [0.25, 0.3) is 0 Å². The molecule has 17 heavy (non-hydrogen) atoms. The van der Waals surface area contributed by atoms with E-state index in [9.17, 15) is 9.90 Å². The molecule has 1 aliphatic carbocycles. The van der Waals surface area contributed by atoms with Crippen LogP contribution in [0.5, 0.6) is 0 Å².